The van der Waals surface area contributed by atoms with Crippen LogP contribution in [0.3, 0.4) is 0 Å². The van der Waals surface area contributed by atoms with Crippen LogP contribution in [-0.2, 0) is 19.7 Å². The summed E-state index contributed by atoms with van der Waals surface area (Å²) in [7, 11) is -4.93. The number of carbonyl (C=O) groups is 1. The first kappa shape index (κ1) is 33.5. The van der Waals surface area contributed by atoms with Crippen molar-refractivity contribution >= 4 is 39.6 Å². The van der Waals surface area contributed by atoms with Crippen molar-refractivity contribution in [3.8, 4) is 0 Å². The number of rotatable bonds is 4. The highest BCUT2D eigenvalue weighted by Crippen LogP contribution is 2.58. The third-order valence-electron chi connectivity index (χ3n) is 11.1. The standard InChI is InChI=1S/C36H54N4O4Si2/c1-34(2,3)45(10,11)43-30-27(20-26-22-42-46(35(4,5)6,36(7,8)9)44-29(26)30)40-21-25-18-15-19-39(31-28(25)32(40)38-23-37-31)33(41)24-16-13-12-14-17-24/h12-14,16-17,21,23,26-27,29-30H,15,18-20,22H2,1-11H3/t26-,27-,29-,30+/m1/s1. The predicted molar refractivity (Wildman–Crippen MR) is 189 cm³/mol. The SMILES string of the molecule is CC(C)(C)[Si](C)(C)O[C@@H]1[C@@H]2O[Si](C(C)(C)C)(C(C)(C)C)OC[C@H]2C[C@H]1n1cc2c3c(ncnc31)N(C(=O)c1ccccc1)CCC2. The van der Waals surface area contributed by atoms with Crippen molar-refractivity contribution in [2.45, 2.75) is 128 Å². The minimum Gasteiger partial charge on any atom is -0.409 e. The van der Waals surface area contributed by atoms with E-state index in [0.717, 1.165) is 30.3 Å². The Hall–Kier alpha value is -2.38. The molecule has 0 spiro atoms. The van der Waals surface area contributed by atoms with Gasteiger partial charge >= 0.3 is 8.56 Å². The number of hydrogen-bond donors (Lipinski definition) is 0. The fraction of sp³-hybridized carbons (Fsp3) is 0.639. The van der Waals surface area contributed by atoms with Crippen LogP contribution in [0.15, 0.2) is 42.9 Å². The molecule has 2 fully saturated rings. The third kappa shape index (κ3) is 5.42. The molecule has 1 amide bonds. The maximum Gasteiger partial charge on any atom is 0.349 e. The molecule has 3 aliphatic rings. The second-order valence-corrected chi connectivity index (χ2v) is 26.8. The first-order valence-electron chi connectivity index (χ1n) is 17.1. The van der Waals surface area contributed by atoms with Crippen molar-refractivity contribution < 1.29 is 18.1 Å². The Morgan fingerprint density at radius 3 is 2.30 bits per heavy atom. The minimum absolute atomic E-state index is 0.0224. The molecule has 0 radical (unpaired) electrons. The molecule has 2 aromatic heterocycles. The summed E-state index contributed by atoms with van der Waals surface area (Å²) in [6.45, 7) is 26.6. The van der Waals surface area contributed by atoms with E-state index in [1.165, 1.54) is 5.56 Å². The second-order valence-electron chi connectivity index (χ2n) is 17.3. The molecule has 1 saturated heterocycles. The summed E-state index contributed by atoms with van der Waals surface area (Å²) in [6.07, 6.45) is 6.30. The average Bonchev–Trinajstić information content (AvgIpc) is 3.44. The lowest BCUT2D eigenvalue weighted by Crippen LogP contribution is -2.64. The Morgan fingerprint density at radius 1 is 1.00 bits per heavy atom. The van der Waals surface area contributed by atoms with E-state index in [0.29, 0.717) is 24.5 Å². The number of aromatic nitrogens is 3. The molecular formula is C36H54N4O4Si2. The zero-order chi connectivity index (χ0) is 33.4. The van der Waals surface area contributed by atoms with Gasteiger partial charge in [-0.2, -0.15) is 0 Å². The molecule has 1 saturated carbocycles. The number of nitrogens with zero attached hydrogens (tertiary/aromatic N) is 4. The summed E-state index contributed by atoms with van der Waals surface area (Å²) in [4.78, 5) is 25.3. The van der Waals surface area contributed by atoms with Crippen molar-refractivity contribution in [1.82, 2.24) is 14.5 Å². The van der Waals surface area contributed by atoms with E-state index in [9.17, 15) is 4.79 Å². The number of benzene rings is 1. The lowest BCUT2D eigenvalue weighted by Gasteiger charge is -2.55. The minimum atomic E-state index is -2.72. The topological polar surface area (TPSA) is 78.7 Å². The van der Waals surface area contributed by atoms with Gasteiger partial charge < -0.3 is 17.8 Å². The Balaban J connectivity index is 1.46. The Labute approximate surface area is 277 Å². The first-order valence-corrected chi connectivity index (χ1v) is 21.8. The van der Waals surface area contributed by atoms with E-state index < -0.39 is 16.9 Å². The molecular weight excluding hydrogens is 609 g/mol. The van der Waals surface area contributed by atoms with Crippen molar-refractivity contribution in [3.63, 3.8) is 0 Å². The quantitative estimate of drug-likeness (QED) is 0.261. The lowest BCUT2D eigenvalue weighted by atomic mass is 10.1. The molecule has 1 aromatic carbocycles. The molecule has 10 heteroatoms. The monoisotopic (exact) mass is 662 g/mol. The van der Waals surface area contributed by atoms with Gasteiger partial charge in [-0.1, -0.05) is 80.5 Å². The molecule has 1 aliphatic carbocycles. The van der Waals surface area contributed by atoms with Crippen LogP contribution in [0, 0.1) is 5.92 Å². The smallest absolute Gasteiger partial charge is 0.349 e. The number of anilines is 1. The number of aryl methyl sites for hydroxylation is 1. The average molecular weight is 663 g/mol. The van der Waals surface area contributed by atoms with Crippen LogP contribution < -0.4 is 4.90 Å². The van der Waals surface area contributed by atoms with Gasteiger partial charge in [-0.05, 0) is 55.1 Å². The van der Waals surface area contributed by atoms with E-state index in [1.807, 2.05) is 35.2 Å². The van der Waals surface area contributed by atoms with E-state index in [-0.39, 0.29) is 45.2 Å². The van der Waals surface area contributed by atoms with Crippen LogP contribution in [-0.4, -0.2) is 62.7 Å². The summed E-state index contributed by atoms with van der Waals surface area (Å²) < 4.78 is 24.2. The zero-order valence-corrected chi connectivity index (χ0v) is 31.8. The highest BCUT2D eigenvalue weighted by molar-refractivity contribution is 6.74. The van der Waals surface area contributed by atoms with E-state index >= 15 is 0 Å². The molecule has 0 bridgehead atoms. The van der Waals surface area contributed by atoms with E-state index in [2.05, 4.69) is 86.2 Å². The molecule has 0 N–H and O–H groups in total. The molecule has 6 rings (SSSR count). The van der Waals surface area contributed by atoms with Crippen LogP contribution in [0.1, 0.15) is 97.1 Å². The van der Waals surface area contributed by atoms with Gasteiger partial charge in [-0.3, -0.25) is 9.69 Å². The fourth-order valence-corrected chi connectivity index (χ4v) is 14.3. The largest absolute Gasteiger partial charge is 0.409 e. The van der Waals surface area contributed by atoms with Crippen LogP contribution in [0.25, 0.3) is 11.0 Å². The molecule has 0 unspecified atom stereocenters. The molecule has 8 nitrogen and oxygen atoms in total. The normalized spacial score (nSPS) is 25.4. The van der Waals surface area contributed by atoms with Crippen molar-refractivity contribution in [2.75, 3.05) is 18.1 Å². The van der Waals surface area contributed by atoms with Crippen molar-refractivity contribution in [2.24, 2.45) is 5.92 Å². The Morgan fingerprint density at radius 2 is 1.67 bits per heavy atom. The fourth-order valence-electron chi connectivity index (χ4n) is 7.95. The number of amides is 1. The number of carbonyl (C=O) groups excluding carboxylic acids is 1. The highest BCUT2D eigenvalue weighted by Gasteiger charge is 2.65. The van der Waals surface area contributed by atoms with Crippen LogP contribution >= 0.6 is 0 Å². The molecule has 3 aromatic rings. The summed E-state index contributed by atoms with van der Waals surface area (Å²) in [5.74, 6) is 0.897. The lowest BCUT2D eigenvalue weighted by molar-refractivity contribution is -0.0533. The molecule has 4 atom stereocenters. The van der Waals surface area contributed by atoms with Gasteiger partial charge in [-0.15, -0.1) is 0 Å². The summed E-state index contributed by atoms with van der Waals surface area (Å²) >= 11 is 0. The molecule has 4 heterocycles. The van der Waals surface area contributed by atoms with Crippen molar-refractivity contribution in [3.05, 3.63) is 54.0 Å². The van der Waals surface area contributed by atoms with Gasteiger partial charge in [0, 0.05) is 40.9 Å². The molecule has 250 valence electrons. The number of hydrogen-bond acceptors (Lipinski definition) is 6. The summed E-state index contributed by atoms with van der Waals surface area (Å²) in [5, 5.41) is 0.797. The van der Waals surface area contributed by atoms with Gasteiger partial charge in [0.05, 0.1) is 23.6 Å². The van der Waals surface area contributed by atoms with Crippen LogP contribution in [0.4, 0.5) is 5.82 Å². The molecule has 46 heavy (non-hydrogen) atoms. The van der Waals surface area contributed by atoms with Gasteiger partial charge in [0.2, 0.25) is 0 Å². The maximum atomic E-state index is 13.8. The number of fused-ring (bicyclic) bond motifs is 1. The van der Waals surface area contributed by atoms with Gasteiger partial charge in [0.15, 0.2) is 8.32 Å². The summed E-state index contributed by atoms with van der Waals surface area (Å²) in [6, 6.07) is 9.53. The Bertz CT molecular complexity index is 1590. The van der Waals surface area contributed by atoms with E-state index in [4.69, 9.17) is 23.2 Å². The van der Waals surface area contributed by atoms with Gasteiger partial charge in [0.1, 0.15) is 17.8 Å². The summed E-state index contributed by atoms with van der Waals surface area (Å²) in [5.41, 5.74) is 2.74. The van der Waals surface area contributed by atoms with Gasteiger partial charge in [0.25, 0.3) is 5.91 Å². The van der Waals surface area contributed by atoms with Crippen molar-refractivity contribution in [1.29, 1.82) is 0 Å². The predicted octanol–water partition coefficient (Wildman–Crippen LogP) is 8.43. The first-order chi connectivity index (χ1) is 21.4. The maximum absolute atomic E-state index is 13.8. The molecule has 2 aliphatic heterocycles. The van der Waals surface area contributed by atoms with Gasteiger partial charge in [-0.25, -0.2) is 9.97 Å². The van der Waals surface area contributed by atoms with Crippen LogP contribution in [0.2, 0.25) is 28.2 Å². The third-order valence-corrected chi connectivity index (χ3v) is 20.7. The Kier molecular flexibility index (Phi) is 8.28. The van der Waals surface area contributed by atoms with E-state index in [1.54, 1.807) is 6.33 Å². The second kappa shape index (κ2) is 11.4. The zero-order valence-electron chi connectivity index (χ0n) is 29.8. The van der Waals surface area contributed by atoms with Crippen LogP contribution in [0.5, 0.6) is 0 Å². The highest BCUT2D eigenvalue weighted by atomic mass is 28.4.